The lowest BCUT2D eigenvalue weighted by atomic mass is 10.1. The molecule has 0 aliphatic carbocycles. The Kier molecular flexibility index (Phi) is 8.99. The number of hydrogen-bond donors (Lipinski definition) is 2. The molecule has 1 aliphatic heterocycles. The van der Waals surface area contributed by atoms with E-state index in [4.69, 9.17) is 9.73 Å². The molecule has 0 bridgehead atoms. The third-order valence-electron chi connectivity index (χ3n) is 4.37. The summed E-state index contributed by atoms with van der Waals surface area (Å²) in [5.41, 5.74) is 1.31. The molecular formula is C19H29IN6O. The molecule has 27 heavy (non-hydrogen) atoms. The highest BCUT2D eigenvalue weighted by molar-refractivity contribution is 14.0. The van der Waals surface area contributed by atoms with Crippen molar-refractivity contribution in [1.82, 2.24) is 25.4 Å². The fourth-order valence-corrected chi connectivity index (χ4v) is 3.12. The molecule has 1 aromatic carbocycles. The number of guanidine groups is 1. The van der Waals surface area contributed by atoms with Crippen molar-refractivity contribution in [2.24, 2.45) is 4.99 Å². The number of nitrogens with zero attached hydrogens (tertiary/aromatic N) is 4. The number of ether oxygens (including phenoxy) is 1. The molecule has 148 valence electrons. The lowest BCUT2D eigenvalue weighted by molar-refractivity contribution is 0.177. The molecule has 0 radical (unpaired) electrons. The molecule has 3 rings (SSSR count). The quantitative estimate of drug-likeness (QED) is 0.358. The number of aliphatic imine (C=N–C) groups is 1. The van der Waals surface area contributed by atoms with Gasteiger partial charge in [0, 0.05) is 32.7 Å². The van der Waals surface area contributed by atoms with Crippen molar-refractivity contribution in [2.45, 2.75) is 45.4 Å². The van der Waals surface area contributed by atoms with E-state index in [2.05, 4.69) is 51.9 Å². The zero-order valence-electron chi connectivity index (χ0n) is 16.0. The van der Waals surface area contributed by atoms with Crippen LogP contribution in [-0.4, -0.2) is 47.0 Å². The average Bonchev–Trinajstić information content (AvgIpc) is 3.05. The Bertz CT molecular complexity index is 718. The lowest BCUT2D eigenvalue weighted by Gasteiger charge is -2.25. The number of aromatic nitrogens is 3. The molecule has 0 fully saturated rings. The summed E-state index contributed by atoms with van der Waals surface area (Å²) in [7, 11) is 1.67. The van der Waals surface area contributed by atoms with E-state index in [1.807, 2.05) is 10.7 Å². The van der Waals surface area contributed by atoms with E-state index >= 15 is 0 Å². The molecule has 0 saturated carbocycles. The van der Waals surface area contributed by atoms with Gasteiger partial charge in [-0.25, -0.2) is 9.67 Å². The molecule has 1 unspecified atom stereocenters. The van der Waals surface area contributed by atoms with Gasteiger partial charge in [0.25, 0.3) is 0 Å². The first kappa shape index (κ1) is 21.6. The van der Waals surface area contributed by atoms with Crippen molar-refractivity contribution in [2.75, 3.05) is 20.2 Å². The van der Waals surface area contributed by atoms with Crippen molar-refractivity contribution in [3.05, 3.63) is 47.5 Å². The minimum Gasteiger partial charge on any atom is -0.377 e. The SMILES string of the molecule is CCNC(=NCCc1ccccc1)NC1CCc2nc(COC)nn2C1.I. The van der Waals surface area contributed by atoms with Gasteiger partial charge in [-0.2, -0.15) is 5.10 Å². The molecule has 8 heteroatoms. The van der Waals surface area contributed by atoms with Gasteiger partial charge in [-0.1, -0.05) is 30.3 Å². The van der Waals surface area contributed by atoms with Crippen molar-refractivity contribution < 1.29 is 4.74 Å². The molecule has 1 aromatic heterocycles. The summed E-state index contributed by atoms with van der Waals surface area (Å²) in [5, 5.41) is 11.4. The highest BCUT2D eigenvalue weighted by Gasteiger charge is 2.22. The maximum atomic E-state index is 5.13. The second kappa shape index (κ2) is 11.2. The molecule has 1 atom stereocenters. The number of rotatable bonds is 7. The van der Waals surface area contributed by atoms with Crippen LogP contribution in [0.1, 0.15) is 30.6 Å². The van der Waals surface area contributed by atoms with Crippen LogP contribution in [0.25, 0.3) is 0 Å². The van der Waals surface area contributed by atoms with Crippen molar-refractivity contribution >= 4 is 29.9 Å². The Morgan fingerprint density at radius 2 is 2.15 bits per heavy atom. The third kappa shape index (κ3) is 6.46. The molecule has 0 amide bonds. The van der Waals surface area contributed by atoms with Gasteiger partial charge in [-0.15, -0.1) is 24.0 Å². The largest absolute Gasteiger partial charge is 0.377 e. The topological polar surface area (TPSA) is 76.4 Å². The van der Waals surface area contributed by atoms with E-state index in [1.165, 1.54) is 5.56 Å². The number of methoxy groups -OCH3 is 1. The molecule has 0 spiro atoms. The summed E-state index contributed by atoms with van der Waals surface area (Å²) in [5.74, 6) is 2.67. The van der Waals surface area contributed by atoms with Gasteiger partial charge in [0.15, 0.2) is 11.8 Å². The van der Waals surface area contributed by atoms with Gasteiger partial charge in [0.05, 0.1) is 6.54 Å². The summed E-state index contributed by atoms with van der Waals surface area (Å²) in [6, 6.07) is 10.8. The molecule has 7 nitrogen and oxygen atoms in total. The Labute approximate surface area is 178 Å². The maximum absolute atomic E-state index is 5.13. The molecule has 2 N–H and O–H groups in total. The fraction of sp³-hybridized carbons (Fsp3) is 0.526. The zero-order chi connectivity index (χ0) is 18.2. The summed E-state index contributed by atoms with van der Waals surface area (Å²) in [6.07, 6.45) is 2.88. The van der Waals surface area contributed by atoms with Crippen LogP contribution >= 0.6 is 24.0 Å². The Morgan fingerprint density at radius 1 is 1.33 bits per heavy atom. The van der Waals surface area contributed by atoms with E-state index in [1.54, 1.807) is 7.11 Å². The monoisotopic (exact) mass is 484 g/mol. The van der Waals surface area contributed by atoms with E-state index < -0.39 is 0 Å². The van der Waals surface area contributed by atoms with Gasteiger partial charge in [0.2, 0.25) is 0 Å². The van der Waals surface area contributed by atoms with E-state index in [9.17, 15) is 0 Å². The van der Waals surface area contributed by atoms with Gasteiger partial charge in [0.1, 0.15) is 12.4 Å². The van der Waals surface area contributed by atoms with Crippen LogP contribution < -0.4 is 10.6 Å². The summed E-state index contributed by atoms with van der Waals surface area (Å²) in [4.78, 5) is 9.25. The predicted molar refractivity (Wildman–Crippen MR) is 118 cm³/mol. The second-order valence-electron chi connectivity index (χ2n) is 6.44. The third-order valence-corrected chi connectivity index (χ3v) is 4.37. The first-order valence-electron chi connectivity index (χ1n) is 9.28. The molecule has 0 saturated heterocycles. The zero-order valence-corrected chi connectivity index (χ0v) is 18.3. The van der Waals surface area contributed by atoms with E-state index in [0.717, 1.165) is 56.5 Å². The molecular weight excluding hydrogens is 455 g/mol. The first-order chi connectivity index (χ1) is 12.8. The fourth-order valence-electron chi connectivity index (χ4n) is 3.12. The average molecular weight is 484 g/mol. The van der Waals surface area contributed by atoms with Crippen LogP contribution in [0.5, 0.6) is 0 Å². The molecule has 2 heterocycles. The van der Waals surface area contributed by atoms with Crippen molar-refractivity contribution in [3.63, 3.8) is 0 Å². The van der Waals surface area contributed by atoms with Crippen molar-refractivity contribution in [1.29, 1.82) is 0 Å². The highest BCUT2D eigenvalue weighted by Crippen LogP contribution is 2.13. The number of aryl methyl sites for hydroxylation is 1. The van der Waals surface area contributed by atoms with Crippen LogP contribution in [-0.2, 0) is 30.7 Å². The highest BCUT2D eigenvalue weighted by atomic mass is 127. The first-order valence-corrected chi connectivity index (χ1v) is 9.28. The smallest absolute Gasteiger partial charge is 0.191 e. The van der Waals surface area contributed by atoms with Crippen molar-refractivity contribution in [3.8, 4) is 0 Å². The van der Waals surface area contributed by atoms with Gasteiger partial charge in [-0.3, -0.25) is 4.99 Å². The van der Waals surface area contributed by atoms with Gasteiger partial charge in [-0.05, 0) is 25.3 Å². The Morgan fingerprint density at radius 3 is 2.89 bits per heavy atom. The number of fused-ring (bicyclic) bond motifs is 1. The van der Waals surface area contributed by atoms with Gasteiger partial charge >= 0.3 is 0 Å². The predicted octanol–water partition coefficient (Wildman–Crippen LogP) is 2.16. The van der Waals surface area contributed by atoms with Gasteiger partial charge < -0.3 is 15.4 Å². The summed E-state index contributed by atoms with van der Waals surface area (Å²) >= 11 is 0. The minimum atomic E-state index is 0. The number of hydrogen-bond acceptors (Lipinski definition) is 4. The second-order valence-corrected chi connectivity index (χ2v) is 6.44. The number of benzene rings is 1. The number of nitrogens with one attached hydrogen (secondary N) is 2. The van der Waals surface area contributed by atoms with E-state index in [0.29, 0.717) is 12.6 Å². The molecule has 1 aliphatic rings. The normalized spacial score (nSPS) is 16.4. The Balaban J connectivity index is 0.00000261. The summed E-state index contributed by atoms with van der Waals surface area (Å²) < 4.78 is 7.12. The standard InChI is InChI=1S/C19H28N6O.HI/c1-3-20-19(21-12-11-15-7-5-4-6-8-15)22-16-9-10-18-23-17(14-26-2)24-25(18)13-16;/h4-8,16H,3,9-14H2,1-2H3,(H2,20,21,22);1H. The van der Waals surface area contributed by atoms with Crippen LogP contribution in [0.2, 0.25) is 0 Å². The lowest BCUT2D eigenvalue weighted by Crippen LogP contribution is -2.47. The maximum Gasteiger partial charge on any atom is 0.191 e. The Hall–Kier alpha value is -1.68. The van der Waals surface area contributed by atoms with E-state index in [-0.39, 0.29) is 24.0 Å². The van der Waals surface area contributed by atoms with Crippen LogP contribution in [0.15, 0.2) is 35.3 Å². The van der Waals surface area contributed by atoms with Crippen LogP contribution in [0, 0.1) is 0 Å². The molecule has 2 aromatic rings. The minimum absolute atomic E-state index is 0. The number of halogens is 1. The summed E-state index contributed by atoms with van der Waals surface area (Å²) in [6.45, 7) is 4.95. The van der Waals surface area contributed by atoms with Crippen LogP contribution in [0.3, 0.4) is 0 Å². The van der Waals surface area contributed by atoms with Crippen LogP contribution in [0.4, 0.5) is 0 Å².